The molecule has 1 spiro atoms. The molecular formula is C20H31N3O3. The van der Waals surface area contributed by atoms with Crippen LogP contribution in [-0.2, 0) is 14.2 Å². The summed E-state index contributed by atoms with van der Waals surface area (Å²) in [4.78, 5) is 4.58. The Hall–Kier alpha value is -1.63. The number of nitrogens with two attached hydrogens (primary N) is 1. The summed E-state index contributed by atoms with van der Waals surface area (Å²) in [5.41, 5.74) is 8.19. The maximum absolute atomic E-state index is 6.13. The molecule has 2 aliphatic heterocycles. The molecule has 1 aromatic carbocycles. The van der Waals surface area contributed by atoms with Gasteiger partial charge in [0.15, 0.2) is 11.7 Å². The number of nitrogens with one attached hydrogen (secondary N) is 1. The molecule has 0 amide bonds. The van der Waals surface area contributed by atoms with Gasteiger partial charge in [0, 0.05) is 18.2 Å². The summed E-state index contributed by atoms with van der Waals surface area (Å²) < 4.78 is 17.5. The van der Waals surface area contributed by atoms with Gasteiger partial charge in [-0.05, 0) is 29.0 Å². The number of hydrogen-bond acceptors (Lipinski definition) is 4. The van der Waals surface area contributed by atoms with Crippen molar-refractivity contribution in [2.75, 3.05) is 38.3 Å². The lowest BCUT2D eigenvalue weighted by Gasteiger charge is -2.37. The highest BCUT2D eigenvalue weighted by atomic mass is 16.8. The quantitative estimate of drug-likeness (QED) is 0.623. The minimum Gasteiger partial charge on any atom is -0.375 e. The van der Waals surface area contributed by atoms with E-state index in [9.17, 15) is 0 Å². The molecule has 2 aliphatic rings. The van der Waals surface area contributed by atoms with Crippen LogP contribution in [0.3, 0.4) is 0 Å². The molecule has 26 heavy (non-hydrogen) atoms. The first kappa shape index (κ1) is 19.1. The lowest BCUT2D eigenvalue weighted by Crippen LogP contribution is -2.47. The van der Waals surface area contributed by atoms with Gasteiger partial charge < -0.3 is 25.3 Å². The summed E-state index contributed by atoms with van der Waals surface area (Å²) in [6, 6.07) is 8.26. The first-order chi connectivity index (χ1) is 12.3. The van der Waals surface area contributed by atoms with E-state index in [2.05, 4.69) is 50.1 Å². The van der Waals surface area contributed by atoms with Crippen LogP contribution in [0.15, 0.2) is 29.3 Å². The number of hydrogen-bond donors (Lipinski definition) is 2. The zero-order valence-corrected chi connectivity index (χ0v) is 16.2. The molecule has 2 fully saturated rings. The van der Waals surface area contributed by atoms with Gasteiger partial charge in [-0.3, -0.25) is 4.99 Å². The van der Waals surface area contributed by atoms with Crippen LogP contribution in [0.4, 0.5) is 5.69 Å². The van der Waals surface area contributed by atoms with Gasteiger partial charge in [0.25, 0.3) is 0 Å². The second-order valence-electron chi connectivity index (χ2n) is 8.17. The Balaban J connectivity index is 1.65. The second kappa shape index (κ2) is 7.55. The third kappa shape index (κ3) is 4.03. The van der Waals surface area contributed by atoms with E-state index in [0.717, 1.165) is 5.69 Å². The molecule has 2 heterocycles. The highest BCUT2D eigenvalue weighted by Gasteiger charge is 2.55. The topological polar surface area (TPSA) is 78.1 Å². The summed E-state index contributed by atoms with van der Waals surface area (Å²) in [6.07, 6.45) is 0. The van der Waals surface area contributed by atoms with Crippen LogP contribution in [0, 0.1) is 11.3 Å². The Kier molecular flexibility index (Phi) is 5.55. The molecule has 6 heteroatoms. The highest BCUT2D eigenvalue weighted by molar-refractivity contribution is 5.92. The fraction of sp³-hybridized carbons (Fsp3) is 0.650. The van der Waals surface area contributed by atoms with E-state index in [0.29, 0.717) is 44.8 Å². The van der Waals surface area contributed by atoms with E-state index < -0.39 is 5.79 Å². The van der Waals surface area contributed by atoms with Gasteiger partial charge in [0.2, 0.25) is 0 Å². The summed E-state index contributed by atoms with van der Waals surface area (Å²) in [5.74, 6) is 0.393. The van der Waals surface area contributed by atoms with Gasteiger partial charge in [-0.1, -0.05) is 39.8 Å². The molecule has 0 radical (unpaired) electrons. The van der Waals surface area contributed by atoms with E-state index in [1.807, 2.05) is 12.1 Å². The van der Waals surface area contributed by atoms with E-state index >= 15 is 0 Å². The predicted octanol–water partition coefficient (Wildman–Crippen LogP) is 2.95. The van der Waals surface area contributed by atoms with Crippen LogP contribution in [-0.4, -0.2) is 44.7 Å². The molecule has 3 N–H and O–H groups in total. The van der Waals surface area contributed by atoms with E-state index in [1.165, 1.54) is 5.56 Å². The van der Waals surface area contributed by atoms with Gasteiger partial charge in [0.1, 0.15) is 6.61 Å². The predicted molar refractivity (Wildman–Crippen MR) is 103 cm³/mol. The number of guanidine groups is 1. The molecule has 2 saturated heterocycles. The molecule has 144 valence electrons. The third-order valence-electron chi connectivity index (χ3n) is 5.32. The van der Waals surface area contributed by atoms with Crippen molar-refractivity contribution in [2.45, 2.75) is 39.4 Å². The minimum absolute atomic E-state index is 0.123. The average Bonchev–Trinajstić information content (AvgIpc) is 3.24. The van der Waals surface area contributed by atoms with Crippen LogP contribution < -0.4 is 11.1 Å². The van der Waals surface area contributed by atoms with E-state index in [-0.39, 0.29) is 11.3 Å². The van der Waals surface area contributed by atoms with Crippen LogP contribution in [0.1, 0.15) is 39.2 Å². The molecule has 0 saturated carbocycles. The fourth-order valence-electron chi connectivity index (χ4n) is 3.68. The third-order valence-corrected chi connectivity index (χ3v) is 5.32. The summed E-state index contributed by atoms with van der Waals surface area (Å²) in [7, 11) is 0. The molecular weight excluding hydrogens is 330 g/mol. The normalized spacial score (nSPS) is 23.1. The molecule has 0 bridgehead atoms. The van der Waals surface area contributed by atoms with Crippen LogP contribution in [0.2, 0.25) is 0 Å². The van der Waals surface area contributed by atoms with Crippen LogP contribution in [0.5, 0.6) is 0 Å². The number of nitrogens with zero attached hydrogens (tertiary/aromatic N) is 1. The Morgan fingerprint density at radius 2 is 2.08 bits per heavy atom. The number of aliphatic imine (C=N–C) groups is 1. The minimum atomic E-state index is -0.618. The molecule has 0 aromatic heterocycles. The Bertz CT molecular complexity index is 646. The SMILES string of the molecule is CC(C)c1cccc(NC(N)=NCC(C)(C)C2COCC23OCCO3)c1. The Morgan fingerprint density at radius 1 is 1.35 bits per heavy atom. The summed E-state index contributed by atoms with van der Waals surface area (Å²) in [6.45, 7) is 11.6. The monoisotopic (exact) mass is 361 g/mol. The summed E-state index contributed by atoms with van der Waals surface area (Å²) in [5, 5.41) is 3.20. The number of rotatable bonds is 5. The molecule has 0 aliphatic carbocycles. The van der Waals surface area contributed by atoms with Crippen molar-refractivity contribution < 1.29 is 14.2 Å². The molecule has 1 unspecified atom stereocenters. The van der Waals surface area contributed by atoms with Crippen molar-refractivity contribution in [3.8, 4) is 0 Å². The van der Waals surface area contributed by atoms with Gasteiger partial charge in [0.05, 0.1) is 19.8 Å². The van der Waals surface area contributed by atoms with Crippen molar-refractivity contribution in [3.05, 3.63) is 29.8 Å². The largest absolute Gasteiger partial charge is 0.375 e. The van der Waals surface area contributed by atoms with Crippen LogP contribution in [0.25, 0.3) is 0 Å². The van der Waals surface area contributed by atoms with Gasteiger partial charge >= 0.3 is 0 Å². The van der Waals surface area contributed by atoms with Crippen LogP contribution >= 0.6 is 0 Å². The molecule has 6 nitrogen and oxygen atoms in total. The maximum atomic E-state index is 6.13. The van der Waals surface area contributed by atoms with E-state index in [4.69, 9.17) is 19.9 Å². The average molecular weight is 361 g/mol. The Labute approximate surface area is 156 Å². The molecule has 1 aromatic rings. The zero-order chi connectivity index (χ0) is 18.8. The smallest absolute Gasteiger partial charge is 0.197 e. The van der Waals surface area contributed by atoms with Crippen molar-refractivity contribution in [1.29, 1.82) is 0 Å². The number of ether oxygens (including phenoxy) is 3. The van der Waals surface area contributed by atoms with Crippen molar-refractivity contribution >= 4 is 11.6 Å². The first-order valence-corrected chi connectivity index (χ1v) is 9.35. The van der Waals surface area contributed by atoms with Gasteiger partial charge in [-0.15, -0.1) is 0 Å². The fourth-order valence-corrected chi connectivity index (χ4v) is 3.68. The van der Waals surface area contributed by atoms with Crippen molar-refractivity contribution in [3.63, 3.8) is 0 Å². The second-order valence-corrected chi connectivity index (χ2v) is 8.17. The standard InChI is InChI=1S/C20H31N3O3/c1-14(2)15-6-5-7-16(10-15)23-18(21)22-12-19(3,4)17-11-24-13-20(17)25-8-9-26-20/h5-7,10,14,17H,8-9,11-13H2,1-4H3,(H3,21,22,23). The first-order valence-electron chi connectivity index (χ1n) is 9.35. The highest BCUT2D eigenvalue weighted by Crippen LogP contribution is 2.44. The number of benzene rings is 1. The zero-order valence-electron chi connectivity index (χ0n) is 16.2. The maximum Gasteiger partial charge on any atom is 0.197 e. The number of anilines is 1. The van der Waals surface area contributed by atoms with Crippen molar-refractivity contribution in [2.24, 2.45) is 22.1 Å². The lowest BCUT2D eigenvalue weighted by atomic mass is 9.75. The van der Waals surface area contributed by atoms with Crippen molar-refractivity contribution in [1.82, 2.24) is 0 Å². The lowest BCUT2D eigenvalue weighted by molar-refractivity contribution is -0.196. The molecule has 1 atom stereocenters. The Morgan fingerprint density at radius 3 is 2.77 bits per heavy atom. The van der Waals surface area contributed by atoms with Gasteiger partial charge in [-0.2, -0.15) is 0 Å². The molecule has 3 rings (SSSR count). The summed E-state index contributed by atoms with van der Waals surface area (Å²) >= 11 is 0. The van der Waals surface area contributed by atoms with E-state index in [1.54, 1.807) is 0 Å². The van der Waals surface area contributed by atoms with Gasteiger partial charge in [-0.25, -0.2) is 0 Å².